The Morgan fingerprint density at radius 1 is 1.10 bits per heavy atom. The third-order valence-corrected chi connectivity index (χ3v) is 2.71. The first-order valence-corrected chi connectivity index (χ1v) is 6.13. The van der Waals surface area contributed by atoms with Crippen LogP contribution in [0, 0.1) is 10.1 Å². The lowest BCUT2D eigenvalue weighted by Gasteiger charge is -2.02. The maximum absolute atomic E-state index is 11.7. The first-order chi connectivity index (χ1) is 10.0. The summed E-state index contributed by atoms with van der Waals surface area (Å²) in [5.74, 6) is -0.293. The lowest BCUT2D eigenvalue weighted by molar-refractivity contribution is -0.384. The highest BCUT2D eigenvalue weighted by molar-refractivity contribution is 6.01. The number of nitrogens with two attached hydrogens (primary N) is 1. The average molecular weight is 283 g/mol. The monoisotopic (exact) mass is 283 g/mol. The molecular weight excluding hydrogens is 270 g/mol. The first-order valence-electron chi connectivity index (χ1n) is 6.13. The summed E-state index contributed by atoms with van der Waals surface area (Å²) in [6.07, 6.45) is 2.94. The van der Waals surface area contributed by atoms with Gasteiger partial charge in [-0.1, -0.05) is 0 Å². The molecule has 0 saturated heterocycles. The third kappa shape index (κ3) is 4.17. The minimum atomic E-state index is -0.471. The van der Waals surface area contributed by atoms with Crippen molar-refractivity contribution in [3.63, 3.8) is 0 Å². The van der Waals surface area contributed by atoms with E-state index < -0.39 is 4.92 Å². The maximum atomic E-state index is 11.7. The van der Waals surface area contributed by atoms with E-state index in [1.807, 2.05) is 0 Å². The smallest absolute Gasteiger partial charge is 0.269 e. The molecule has 2 aromatic rings. The fourth-order valence-corrected chi connectivity index (χ4v) is 1.63. The number of nitrogens with one attached hydrogen (secondary N) is 1. The van der Waals surface area contributed by atoms with Crippen molar-refractivity contribution in [2.75, 3.05) is 11.1 Å². The van der Waals surface area contributed by atoms with Crippen LogP contribution in [0.3, 0.4) is 0 Å². The number of hydrogen-bond acceptors (Lipinski definition) is 4. The van der Waals surface area contributed by atoms with Gasteiger partial charge in [-0.25, -0.2) is 0 Å². The number of nitro groups is 1. The van der Waals surface area contributed by atoms with Gasteiger partial charge < -0.3 is 11.1 Å². The van der Waals surface area contributed by atoms with Gasteiger partial charge in [0.15, 0.2) is 0 Å². The van der Waals surface area contributed by atoms with Gasteiger partial charge in [0, 0.05) is 29.6 Å². The molecule has 3 N–H and O–H groups in total. The number of non-ortho nitro benzene ring substituents is 1. The van der Waals surface area contributed by atoms with Crippen molar-refractivity contribution in [1.29, 1.82) is 0 Å². The van der Waals surface area contributed by atoms with Crippen LogP contribution in [0.15, 0.2) is 54.6 Å². The van der Waals surface area contributed by atoms with E-state index >= 15 is 0 Å². The molecular formula is C15H13N3O3. The second-order valence-electron chi connectivity index (χ2n) is 4.29. The zero-order valence-electron chi connectivity index (χ0n) is 11.0. The Labute approximate surface area is 121 Å². The molecule has 0 unspecified atom stereocenters. The summed E-state index contributed by atoms with van der Waals surface area (Å²) in [7, 11) is 0. The molecule has 1 amide bonds. The molecule has 0 aromatic heterocycles. The summed E-state index contributed by atoms with van der Waals surface area (Å²) in [6.45, 7) is 0. The number of anilines is 2. The normalized spacial score (nSPS) is 10.5. The van der Waals surface area contributed by atoms with Crippen LogP contribution in [0.4, 0.5) is 17.1 Å². The van der Waals surface area contributed by atoms with Gasteiger partial charge in [0.05, 0.1) is 4.92 Å². The van der Waals surface area contributed by atoms with Crippen LogP contribution < -0.4 is 11.1 Å². The van der Waals surface area contributed by atoms with Crippen LogP contribution in [-0.4, -0.2) is 10.8 Å². The van der Waals surface area contributed by atoms with E-state index in [-0.39, 0.29) is 11.6 Å². The van der Waals surface area contributed by atoms with Gasteiger partial charge in [-0.2, -0.15) is 0 Å². The molecule has 6 heteroatoms. The predicted octanol–water partition coefficient (Wildman–Crippen LogP) is 2.83. The Hall–Kier alpha value is -3.15. The number of hydrogen-bond donors (Lipinski definition) is 2. The van der Waals surface area contributed by atoms with Crippen LogP contribution in [0.5, 0.6) is 0 Å². The highest BCUT2D eigenvalue weighted by Gasteiger charge is 2.02. The van der Waals surface area contributed by atoms with Crippen molar-refractivity contribution in [2.24, 2.45) is 0 Å². The highest BCUT2D eigenvalue weighted by atomic mass is 16.6. The number of nitro benzene ring substituents is 1. The minimum Gasteiger partial charge on any atom is -0.399 e. The van der Waals surface area contributed by atoms with Gasteiger partial charge in [-0.15, -0.1) is 0 Å². The summed E-state index contributed by atoms with van der Waals surface area (Å²) < 4.78 is 0. The maximum Gasteiger partial charge on any atom is 0.269 e. The second kappa shape index (κ2) is 6.33. The standard InChI is InChI=1S/C15H13N3O3/c16-12-4-6-13(7-5-12)17-15(19)10-3-11-1-8-14(9-2-11)18(20)21/h1-10H,16H2,(H,17,19)/b10-3+. The third-order valence-electron chi connectivity index (χ3n) is 2.71. The van der Waals surface area contributed by atoms with Crippen LogP contribution in [0.1, 0.15) is 5.56 Å². The van der Waals surface area contributed by atoms with E-state index in [0.717, 1.165) is 0 Å². The first kappa shape index (κ1) is 14.3. The average Bonchev–Trinajstić information content (AvgIpc) is 2.48. The van der Waals surface area contributed by atoms with Gasteiger partial charge in [0.2, 0.25) is 5.91 Å². The van der Waals surface area contributed by atoms with Gasteiger partial charge in [0.1, 0.15) is 0 Å². The molecule has 0 spiro atoms. The van der Waals surface area contributed by atoms with E-state index in [1.54, 1.807) is 42.5 Å². The second-order valence-corrected chi connectivity index (χ2v) is 4.29. The number of nitrogens with zero attached hydrogens (tertiary/aromatic N) is 1. The molecule has 0 saturated carbocycles. The topological polar surface area (TPSA) is 98.3 Å². The molecule has 0 heterocycles. The van der Waals surface area contributed by atoms with Crippen molar-refractivity contribution in [3.05, 3.63) is 70.3 Å². The molecule has 0 bridgehead atoms. The van der Waals surface area contributed by atoms with Gasteiger partial charge in [0.25, 0.3) is 5.69 Å². The van der Waals surface area contributed by atoms with Gasteiger partial charge in [-0.3, -0.25) is 14.9 Å². The molecule has 0 aliphatic carbocycles. The SMILES string of the molecule is Nc1ccc(NC(=O)/C=C/c2ccc([N+](=O)[O-])cc2)cc1. The molecule has 2 rings (SSSR count). The zero-order valence-corrected chi connectivity index (χ0v) is 11.0. The largest absolute Gasteiger partial charge is 0.399 e. The van der Waals surface area contributed by atoms with E-state index in [0.29, 0.717) is 16.9 Å². The Balaban J connectivity index is 1.98. The quantitative estimate of drug-likeness (QED) is 0.390. The molecule has 0 aliphatic heterocycles. The number of amides is 1. The Morgan fingerprint density at radius 3 is 2.29 bits per heavy atom. The number of carbonyl (C=O) groups excluding carboxylic acids is 1. The minimum absolute atomic E-state index is 0.0125. The van der Waals surface area contributed by atoms with Gasteiger partial charge in [-0.05, 0) is 48.0 Å². The Bertz CT molecular complexity index is 676. The van der Waals surface area contributed by atoms with Crippen molar-refractivity contribution in [1.82, 2.24) is 0 Å². The summed E-state index contributed by atoms with van der Waals surface area (Å²) in [5, 5.41) is 13.2. The lowest BCUT2D eigenvalue weighted by atomic mass is 10.2. The summed E-state index contributed by atoms with van der Waals surface area (Å²) in [6, 6.07) is 12.7. The molecule has 6 nitrogen and oxygen atoms in total. The molecule has 106 valence electrons. The molecule has 2 aromatic carbocycles. The fourth-order valence-electron chi connectivity index (χ4n) is 1.63. The molecule has 0 radical (unpaired) electrons. The molecule has 0 aliphatic rings. The van der Waals surface area contributed by atoms with Crippen molar-refractivity contribution in [3.8, 4) is 0 Å². The number of benzene rings is 2. The van der Waals surface area contributed by atoms with Crippen LogP contribution in [0.2, 0.25) is 0 Å². The Kier molecular flexibility index (Phi) is 4.30. The van der Waals surface area contributed by atoms with E-state index in [4.69, 9.17) is 5.73 Å². The fraction of sp³-hybridized carbons (Fsp3) is 0. The molecule has 0 fully saturated rings. The highest BCUT2D eigenvalue weighted by Crippen LogP contribution is 2.13. The van der Waals surface area contributed by atoms with Crippen molar-refractivity contribution >= 4 is 29.0 Å². The lowest BCUT2D eigenvalue weighted by Crippen LogP contribution is -2.07. The summed E-state index contributed by atoms with van der Waals surface area (Å²) in [5.41, 5.74) is 7.53. The van der Waals surface area contributed by atoms with Crippen LogP contribution >= 0.6 is 0 Å². The van der Waals surface area contributed by atoms with Crippen molar-refractivity contribution < 1.29 is 9.72 Å². The summed E-state index contributed by atoms with van der Waals surface area (Å²) in [4.78, 5) is 21.8. The predicted molar refractivity (Wildman–Crippen MR) is 81.6 cm³/mol. The van der Waals surface area contributed by atoms with E-state index in [2.05, 4.69) is 5.32 Å². The van der Waals surface area contributed by atoms with E-state index in [1.165, 1.54) is 18.2 Å². The van der Waals surface area contributed by atoms with Gasteiger partial charge >= 0.3 is 0 Å². The number of nitrogen functional groups attached to an aromatic ring is 1. The molecule has 0 atom stereocenters. The number of rotatable bonds is 4. The zero-order chi connectivity index (χ0) is 15.2. The van der Waals surface area contributed by atoms with E-state index in [9.17, 15) is 14.9 Å². The molecule has 21 heavy (non-hydrogen) atoms. The van der Waals surface area contributed by atoms with Crippen LogP contribution in [-0.2, 0) is 4.79 Å². The van der Waals surface area contributed by atoms with Crippen molar-refractivity contribution in [2.45, 2.75) is 0 Å². The van der Waals surface area contributed by atoms with Crippen LogP contribution in [0.25, 0.3) is 6.08 Å². The Morgan fingerprint density at radius 2 is 1.71 bits per heavy atom. The summed E-state index contributed by atoms with van der Waals surface area (Å²) >= 11 is 0. The number of carbonyl (C=O) groups is 1.